The average Bonchev–Trinajstić information content (AvgIpc) is 3.02. The summed E-state index contributed by atoms with van der Waals surface area (Å²) in [6.07, 6.45) is 5.36. The second-order valence-electron chi connectivity index (χ2n) is 6.45. The van der Waals surface area contributed by atoms with E-state index in [1.807, 2.05) is 47.3 Å². The predicted molar refractivity (Wildman–Crippen MR) is 94.4 cm³/mol. The molecule has 1 saturated heterocycles. The molecule has 1 aromatic carbocycles. The van der Waals surface area contributed by atoms with Crippen LogP contribution in [-0.2, 0) is 16.6 Å². The molecule has 0 spiro atoms. The second kappa shape index (κ2) is 7.46. The number of nitrogens with one attached hydrogen (secondary N) is 1. The van der Waals surface area contributed by atoms with Gasteiger partial charge in [0.25, 0.3) is 0 Å². The van der Waals surface area contributed by atoms with Crippen LogP contribution in [0.2, 0.25) is 0 Å². The first-order valence-corrected chi connectivity index (χ1v) is 10.2. The van der Waals surface area contributed by atoms with E-state index in [4.69, 9.17) is 0 Å². The lowest BCUT2D eigenvalue weighted by Gasteiger charge is -2.32. The number of benzene rings is 1. The lowest BCUT2D eigenvalue weighted by molar-refractivity contribution is 0.167. The Kier molecular flexibility index (Phi) is 5.33. The Morgan fingerprint density at radius 1 is 1.25 bits per heavy atom. The highest BCUT2D eigenvalue weighted by Crippen LogP contribution is 2.18. The van der Waals surface area contributed by atoms with Crippen molar-refractivity contribution in [1.82, 2.24) is 19.4 Å². The van der Waals surface area contributed by atoms with Gasteiger partial charge in [0.1, 0.15) is 0 Å². The van der Waals surface area contributed by atoms with Gasteiger partial charge in [-0.3, -0.25) is 4.90 Å². The van der Waals surface area contributed by atoms with Crippen molar-refractivity contribution in [1.29, 1.82) is 0 Å². The maximum absolute atomic E-state index is 11.2. The number of aromatic nitrogens is 2. The first-order chi connectivity index (χ1) is 11.5. The average molecular weight is 348 g/mol. The second-order valence-corrected chi connectivity index (χ2v) is 8.28. The lowest BCUT2D eigenvalue weighted by Crippen LogP contribution is -2.40. The Bertz CT molecular complexity index is 758. The molecule has 1 aliphatic rings. The molecule has 1 fully saturated rings. The molecule has 1 aromatic heterocycles. The zero-order chi connectivity index (χ0) is 17.0. The van der Waals surface area contributed by atoms with Gasteiger partial charge in [0, 0.05) is 25.8 Å². The van der Waals surface area contributed by atoms with E-state index in [1.165, 1.54) is 6.26 Å². The standard InChI is InChI=1S/C17H24N4O2S/c1-24(22,23)18-12-15-6-5-10-20(13-15)14-16-9-11-21(19-16)17-7-3-2-4-8-17/h2-4,7-9,11,15,18H,5-6,10,12-14H2,1H3/t15-/m0/s1. The summed E-state index contributed by atoms with van der Waals surface area (Å²) in [5.74, 6) is 0.365. The van der Waals surface area contributed by atoms with Crippen molar-refractivity contribution in [2.24, 2.45) is 5.92 Å². The first kappa shape index (κ1) is 17.1. The van der Waals surface area contributed by atoms with Gasteiger partial charge in [-0.1, -0.05) is 18.2 Å². The van der Waals surface area contributed by atoms with Crippen LogP contribution >= 0.6 is 0 Å². The molecule has 0 unspecified atom stereocenters. The molecule has 2 aromatic rings. The van der Waals surface area contributed by atoms with E-state index < -0.39 is 10.0 Å². The summed E-state index contributed by atoms with van der Waals surface area (Å²) in [6.45, 7) is 3.26. The van der Waals surface area contributed by atoms with Crippen LogP contribution in [0, 0.1) is 5.92 Å². The Hall–Kier alpha value is -1.70. The number of sulfonamides is 1. The molecule has 1 N–H and O–H groups in total. The fourth-order valence-corrected chi connectivity index (χ4v) is 3.67. The van der Waals surface area contributed by atoms with Crippen LogP contribution in [0.3, 0.4) is 0 Å². The molecule has 24 heavy (non-hydrogen) atoms. The number of para-hydroxylation sites is 1. The molecule has 0 saturated carbocycles. The number of hydrogen-bond acceptors (Lipinski definition) is 4. The number of likely N-dealkylation sites (tertiary alicyclic amines) is 1. The maximum atomic E-state index is 11.2. The minimum absolute atomic E-state index is 0.365. The van der Waals surface area contributed by atoms with Gasteiger partial charge in [-0.05, 0) is 43.5 Å². The zero-order valence-electron chi connectivity index (χ0n) is 13.9. The summed E-state index contributed by atoms with van der Waals surface area (Å²) < 4.78 is 27.0. The van der Waals surface area contributed by atoms with Crippen molar-refractivity contribution >= 4 is 10.0 Å². The Morgan fingerprint density at radius 3 is 2.79 bits per heavy atom. The molecular weight excluding hydrogens is 324 g/mol. The van der Waals surface area contributed by atoms with Gasteiger partial charge in [-0.15, -0.1) is 0 Å². The van der Waals surface area contributed by atoms with Crippen molar-refractivity contribution in [2.45, 2.75) is 19.4 Å². The SMILES string of the molecule is CS(=O)(=O)NC[C@@H]1CCCN(Cc2ccn(-c3ccccc3)n2)C1. The minimum atomic E-state index is -3.11. The Balaban J connectivity index is 1.57. The van der Waals surface area contributed by atoms with E-state index in [2.05, 4.69) is 14.7 Å². The minimum Gasteiger partial charge on any atom is -0.297 e. The van der Waals surface area contributed by atoms with E-state index in [0.717, 1.165) is 43.9 Å². The van der Waals surface area contributed by atoms with Gasteiger partial charge < -0.3 is 0 Å². The van der Waals surface area contributed by atoms with Gasteiger partial charge in [-0.25, -0.2) is 17.8 Å². The number of piperidine rings is 1. The Morgan fingerprint density at radius 2 is 2.04 bits per heavy atom. The predicted octanol–water partition coefficient (Wildman–Crippen LogP) is 1.63. The summed E-state index contributed by atoms with van der Waals surface area (Å²) in [4.78, 5) is 2.36. The maximum Gasteiger partial charge on any atom is 0.208 e. The van der Waals surface area contributed by atoms with Crippen molar-refractivity contribution in [3.63, 3.8) is 0 Å². The molecule has 1 atom stereocenters. The van der Waals surface area contributed by atoms with E-state index in [-0.39, 0.29) is 0 Å². The highest BCUT2D eigenvalue weighted by molar-refractivity contribution is 7.88. The molecule has 1 aliphatic heterocycles. The number of nitrogens with zero attached hydrogens (tertiary/aromatic N) is 3. The van der Waals surface area contributed by atoms with Gasteiger partial charge in [0.15, 0.2) is 0 Å². The van der Waals surface area contributed by atoms with Crippen LogP contribution in [0.1, 0.15) is 18.5 Å². The molecule has 130 valence electrons. The summed E-state index contributed by atoms with van der Waals surface area (Å²) in [5.41, 5.74) is 2.09. The third-order valence-electron chi connectivity index (χ3n) is 4.29. The summed E-state index contributed by atoms with van der Waals surface area (Å²) in [7, 11) is -3.11. The van der Waals surface area contributed by atoms with Crippen LogP contribution in [0.25, 0.3) is 5.69 Å². The van der Waals surface area contributed by atoms with Crippen molar-refractivity contribution < 1.29 is 8.42 Å². The number of rotatable bonds is 6. The summed E-state index contributed by atoms with van der Waals surface area (Å²) in [6, 6.07) is 12.1. The first-order valence-electron chi connectivity index (χ1n) is 8.26. The number of hydrogen-bond donors (Lipinski definition) is 1. The molecule has 7 heteroatoms. The molecular formula is C17H24N4O2S. The van der Waals surface area contributed by atoms with Gasteiger partial charge >= 0.3 is 0 Å². The molecule has 3 rings (SSSR count). The fourth-order valence-electron chi connectivity index (χ4n) is 3.13. The molecule has 0 aliphatic carbocycles. The molecule has 2 heterocycles. The molecule has 0 bridgehead atoms. The Labute approximate surface area is 143 Å². The van der Waals surface area contributed by atoms with Crippen LogP contribution in [0.15, 0.2) is 42.6 Å². The molecule has 0 amide bonds. The molecule has 6 nitrogen and oxygen atoms in total. The highest BCUT2D eigenvalue weighted by atomic mass is 32.2. The van der Waals surface area contributed by atoms with Crippen LogP contribution in [-0.4, -0.2) is 49.0 Å². The van der Waals surface area contributed by atoms with Crippen molar-refractivity contribution in [3.8, 4) is 5.69 Å². The highest BCUT2D eigenvalue weighted by Gasteiger charge is 2.21. The van der Waals surface area contributed by atoms with Crippen LogP contribution in [0.5, 0.6) is 0 Å². The quantitative estimate of drug-likeness (QED) is 0.862. The fraction of sp³-hybridized carbons (Fsp3) is 0.471. The van der Waals surface area contributed by atoms with E-state index >= 15 is 0 Å². The normalized spacial score (nSPS) is 19.5. The van der Waals surface area contributed by atoms with Gasteiger partial charge in [0.2, 0.25) is 10.0 Å². The van der Waals surface area contributed by atoms with E-state index in [0.29, 0.717) is 12.5 Å². The summed E-state index contributed by atoms with van der Waals surface area (Å²) >= 11 is 0. The lowest BCUT2D eigenvalue weighted by atomic mass is 9.98. The van der Waals surface area contributed by atoms with E-state index in [9.17, 15) is 8.42 Å². The van der Waals surface area contributed by atoms with Crippen molar-refractivity contribution in [2.75, 3.05) is 25.9 Å². The van der Waals surface area contributed by atoms with Crippen molar-refractivity contribution in [3.05, 3.63) is 48.3 Å². The van der Waals surface area contributed by atoms with Crippen LogP contribution < -0.4 is 4.72 Å². The van der Waals surface area contributed by atoms with Gasteiger partial charge in [0.05, 0.1) is 17.6 Å². The monoisotopic (exact) mass is 348 g/mol. The third-order valence-corrected chi connectivity index (χ3v) is 4.98. The van der Waals surface area contributed by atoms with Crippen LogP contribution in [0.4, 0.5) is 0 Å². The van der Waals surface area contributed by atoms with Gasteiger partial charge in [-0.2, -0.15) is 5.10 Å². The molecule has 0 radical (unpaired) electrons. The largest absolute Gasteiger partial charge is 0.297 e. The summed E-state index contributed by atoms with van der Waals surface area (Å²) in [5, 5.41) is 4.65. The topological polar surface area (TPSA) is 67.2 Å². The van der Waals surface area contributed by atoms with E-state index in [1.54, 1.807) is 0 Å². The zero-order valence-corrected chi connectivity index (χ0v) is 14.7. The smallest absolute Gasteiger partial charge is 0.208 e. The third kappa shape index (κ3) is 4.90.